The second-order valence-corrected chi connectivity index (χ2v) is 38.1. The topological polar surface area (TPSA) is 744 Å². The van der Waals surface area contributed by atoms with E-state index in [1.54, 1.807) is 83.1 Å². The molecule has 9 unspecified atom stereocenters. The Kier molecular flexibility index (Phi) is 54.1. The molecule has 18 amide bonds. The standard InChI is InChI=1S/C92H150N18O33/c1-24-53-88(139)104(17)43-63(112)107(20)72(47(8)9)85(136)103-71(46(6)7)91(142)108(21)73(48(10)11)84(135)94-51(15)77(128)95-52(16)87(138)105(18)60(40-44(2)3)89(140)106(19)61(41-45(4)5)90(141)109(22)74(49(12)13)92(143)110(23)75(86(137)97-53)76(127)50(14)26-25-27-62(111)96-55(29-35-65(115)116)79(130)99-57(31-37-67(119)120)81(132)101-59(33-39-69(123)124)83(134)102-58(32-38-68(121)122)82(133)100-56(30-36-66(117)118)80(131)98-54(28-34-64(113)114)78(129)93-42-70(125)126/h25,27,44-61,71-76,127H,24,26,28-43H2,1-23H3,(H,93,129)(H,94,135)(H,95,128)(H,96,111)(H,97,137)(H,98,131)(H,99,130)(H,100,133)(H,101,132)(H,102,134)(H,103,136)(H,113,114)(H,115,116)(H,117,118)(H,119,120)(H,121,122)(H,123,124)(H,125,126)/b27-25-/t50-,51+,52+,53+,54?,55?,56?,57?,58?,59?,60+,61+,71+,72+,73?,74?,75?,76-/m1/s1. The zero-order chi connectivity index (χ0) is 110. The molecule has 0 radical (unpaired) electrons. The van der Waals surface area contributed by atoms with Gasteiger partial charge in [0.15, 0.2) is 0 Å². The molecule has 1 fully saturated rings. The van der Waals surface area contributed by atoms with Gasteiger partial charge in [-0.15, -0.1) is 0 Å². The monoisotopic (exact) mass is 2040 g/mol. The molecule has 0 aromatic rings. The number of likely N-dealkylation sites (N-methyl/N-ethyl adjacent to an activating group) is 7. The number of hydrogen-bond acceptors (Lipinski definition) is 26. The highest BCUT2D eigenvalue weighted by Crippen LogP contribution is 2.27. The largest absolute Gasteiger partial charge is 0.481 e. The van der Waals surface area contributed by atoms with Crippen molar-refractivity contribution in [3.05, 3.63) is 12.2 Å². The Morgan fingerprint density at radius 1 is 0.357 bits per heavy atom. The summed E-state index contributed by atoms with van der Waals surface area (Å²) in [5, 5.41) is 105. The van der Waals surface area contributed by atoms with Crippen molar-refractivity contribution in [1.82, 2.24) is 92.8 Å². The highest BCUT2D eigenvalue weighted by atomic mass is 16.4. The molecule has 19 N–H and O–H groups in total. The van der Waals surface area contributed by atoms with Crippen LogP contribution in [0.4, 0.5) is 0 Å². The summed E-state index contributed by atoms with van der Waals surface area (Å²) in [5.41, 5.74) is 0. The Morgan fingerprint density at radius 2 is 0.678 bits per heavy atom. The van der Waals surface area contributed by atoms with Gasteiger partial charge in [-0.1, -0.05) is 103 Å². The molecular weight excluding hydrogens is 1890 g/mol. The lowest BCUT2D eigenvalue weighted by Crippen LogP contribution is -2.63. The van der Waals surface area contributed by atoms with Crippen molar-refractivity contribution in [2.45, 2.75) is 316 Å². The van der Waals surface area contributed by atoms with Crippen LogP contribution in [0.25, 0.3) is 0 Å². The third-order valence-electron chi connectivity index (χ3n) is 23.9. The van der Waals surface area contributed by atoms with Crippen molar-refractivity contribution in [2.24, 2.45) is 41.4 Å². The molecule has 1 rings (SSSR count). The summed E-state index contributed by atoms with van der Waals surface area (Å²) in [6.07, 6.45) is -11.5. The molecule has 51 heteroatoms. The lowest BCUT2D eigenvalue weighted by Gasteiger charge is -2.41. The second kappa shape index (κ2) is 60.7. The van der Waals surface area contributed by atoms with Crippen molar-refractivity contribution >= 4 is 148 Å². The average molecular weight is 2040 g/mol. The van der Waals surface area contributed by atoms with Crippen LogP contribution in [-0.4, -0.2) is 388 Å². The molecule has 806 valence electrons. The summed E-state index contributed by atoms with van der Waals surface area (Å²) in [5.74, 6) is -35.0. The van der Waals surface area contributed by atoms with Gasteiger partial charge >= 0.3 is 41.8 Å². The highest BCUT2D eigenvalue weighted by molar-refractivity contribution is 6.02. The van der Waals surface area contributed by atoms with Crippen LogP contribution in [-0.2, 0) is 120 Å². The lowest BCUT2D eigenvalue weighted by atomic mass is 9.91. The molecule has 0 saturated carbocycles. The van der Waals surface area contributed by atoms with Gasteiger partial charge in [-0.2, -0.15) is 0 Å². The van der Waals surface area contributed by atoms with E-state index in [0.717, 1.165) is 53.5 Å². The van der Waals surface area contributed by atoms with E-state index in [2.05, 4.69) is 53.2 Å². The fraction of sp³-hybridized carbons (Fsp3) is 0.707. The first kappa shape index (κ1) is 127. The number of hydrogen-bond donors (Lipinski definition) is 19. The summed E-state index contributed by atoms with van der Waals surface area (Å²) >= 11 is 0. The lowest BCUT2D eigenvalue weighted by molar-refractivity contribution is -0.157. The van der Waals surface area contributed by atoms with E-state index in [9.17, 15) is 136 Å². The highest BCUT2D eigenvalue weighted by Gasteiger charge is 2.48. The quantitative estimate of drug-likeness (QED) is 0.0266. The van der Waals surface area contributed by atoms with Crippen LogP contribution in [0.3, 0.4) is 0 Å². The number of carboxylic acid groups (broad SMARTS) is 7. The minimum Gasteiger partial charge on any atom is -0.481 e. The Labute approximate surface area is 830 Å². The molecular formula is C92H150N18O33. The Morgan fingerprint density at radius 3 is 1.03 bits per heavy atom. The van der Waals surface area contributed by atoms with Gasteiger partial charge in [-0.3, -0.25) is 120 Å². The van der Waals surface area contributed by atoms with Crippen molar-refractivity contribution in [3.8, 4) is 0 Å². The van der Waals surface area contributed by atoms with E-state index in [4.69, 9.17) is 5.11 Å². The fourth-order valence-electron chi connectivity index (χ4n) is 15.8. The number of allylic oxidation sites excluding steroid dienone is 1. The van der Waals surface area contributed by atoms with Crippen molar-refractivity contribution in [3.63, 3.8) is 0 Å². The van der Waals surface area contributed by atoms with E-state index in [0.29, 0.717) is 0 Å². The molecule has 1 heterocycles. The number of aliphatic carboxylic acids is 7. The molecule has 18 atom stereocenters. The van der Waals surface area contributed by atoms with Gasteiger partial charge in [0.25, 0.3) is 0 Å². The van der Waals surface area contributed by atoms with E-state index in [-0.39, 0.29) is 31.1 Å². The third-order valence-corrected chi connectivity index (χ3v) is 23.9. The van der Waals surface area contributed by atoms with Crippen LogP contribution < -0.4 is 58.5 Å². The summed E-state index contributed by atoms with van der Waals surface area (Å²) < 4.78 is 0. The molecule has 0 spiro atoms. The first-order valence-electron chi connectivity index (χ1n) is 47.2. The molecule has 143 heavy (non-hydrogen) atoms. The molecule has 0 aromatic carbocycles. The summed E-state index contributed by atoms with van der Waals surface area (Å²) in [4.78, 5) is 351. The SMILES string of the molecule is CC[C@@H]1NC(=O)C([C@H](O)[C@H](C)C/C=C\C(=O)NC(CCC(=O)O)C(=O)NC(CCC(=O)O)C(=O)NC(CCC(=O)O)C(=O)NC(CCC(=O)O)C(=O)NC(CCC(=O)O)C(=O)NC(CCC(=O)O)C(=O)NCC(=O)O)N(C)C(=O)C(C(C)C)N(C)C(=O)[C@H](CC(C)C)N(C)C(=O)[C@H](CC(C)C)N(C)C(=O)[C@H](C)NC(=O)[C@H](C)NC(=O)C(C(C)C)N(C)C(=O)[C@H](C(C)C)NC(=O)[C@H](C(C)C)N(C)C(=O)CN(C)C1=O. The molecule has 0 bridgehead atoms. The van der Waals surface area contributed by atoms with E-state index < -0.39 is 377 Å². The van der Waals surface area contributed by atoms with Gasteiger partial charge in [-0.05, 0) is 126 Å². The van der Waals surface area contributed by atoms with Gasteiger partial charge < -0.3 is 134 Å². The van der Waals surface area contributed by atoms with E-state index >= 15 is 19.2 Å². The summed E-state index contributed by atoms with van der Waals surface area (Å²) in [7, 11) is 8.87. The van der Waals surface area contributed by atoms with Gasteiger partial charge in [-0.25, -0.2) is 0 Å². The smallest absolute Gasteiger partial charge is 0.322 e. The number of aliphatic hydroxyl groups excluding tert-OH is 1. The van der Waals surface area contributed by atoms with Gasteiger partial charge in [0.1, 0.15) is 103 Å². The minimum atomic E-state index is -2.14. The van der Waals surface area contributed by atoms with Crippen LogP contribution in [0.1, 0.15) is 214 Å². The number of amides is 18. The van der Waals surface area contributed by atoms with Crippen molar-refractivity contribution < 1.29 is 161 Å². The van der Waals surface area contributed by atoms with Crippen molar-refractivity contribution in [2.75, 3.05) is 62.4 Å². The first-order chi connectivity index (χ1) is 66.2. The van der Waals surface area contributed by atoms with Gasteiger partial charge in [0.05, 0.1) is 12.6 Å². The zero-order valence-corrected chi connectivity index (χ0v) is 85.7. The maximum absolute atomic E-state index is 15.7. The van der Waals surface area contributed by atoms with Crippen LogP contribution in [0, 0.1) is 41.4 Å². The maximum Gasteiger partial charge on any atom is 0.322 e. The number of aliphatic hydroxyl groups is 1. The molecule has 51 nitrogen and oxygen atoms in total. The van der Waals surface area contributed by atoms with Crippen LogP contribution in [0.15, 0.2) is 12.2 Å². The number of carboxylic acids is 7. The summed E-state index contributed by atoms with van der Waals surface area (Å²) in [6, 6.07) is -26.8. The summed E-state index contributed by atoms with van der Waals surface area (Å²) in [6.45, 7) is 23.7. The normalized spacial score (nSPS) is 21.6. The van der Waals surface area contributed by atoms with Crippen LogP contribution in [0.2, 0.25) is 0 Å². The predicted octanol–water partition coefficient (Wildman–Crippen LogP) is -3.23. The molecule has 1 saturated heterocycles. The minimum absolute atomic E-state index is 0.00796. The van der Waals surface area contributed by atoms with E-state index in [1.165, 1.54) is 70.0 Å². The molecule has 0 aromatic heterocycles. The fourth-order valence-corrected chi connectivity index (χ4v) is 15.8. The molecule has 1 aliphatic heterocycles. The zero-order valence-electron chi connectivity index (χ0n) is 85.7. The van der Waals surface area contributed by atoms with E-state index in [1.807, 2.05) is 5.32 Å². The Balaban J connectivity index is 4.34. The Bertz CT molecular complexity index is 4560. The second-order valence-electron chi connectivity index (χ2n) is 38.1. The number of carbonyl (C=O) groups is 25. The predicted molar refractivity (Wildman–Crippen MR) is 507 cm³/mol. The molecule has 1 aliphatic rings. The third kappa shape index (κ3) is 41.9. The number of rotatable bonds is 46. The van der Waals surface area contributed by atoms with Crippen LogP contribution in [0.5, 0.6) is 0 Å². The average Bonchev–Trinajstić information content (AvgIpc) is 0.790. The molecule has 0 aliphatic carbocycles. The van der Waals surface area contributed by atoms with Gasteiger partial charge in [0.2, 0.25) is 106 Å². The van der Waals surface area contributed by atoms with Crippen LogP contribution >= 0.6 is 0 Å². The number of nitrogens with zero attached hydrogens (tertiary/aromatic N) is 7. The Hall–Kier alpha value is -13.5. The number of carbonyl (C=O) groups excluding carboxylic acids is 18. The first-order valence-corrected chi connectivity index (χ1v) is 47.2. The van der Waals surface area contributed by atoms with Crippen molar-refractivity contribution in [1.29, 1.82) is 0 Å². The maximum atomic E-state index is 15.7. The van der Waals surface area contributed by atoms with Gasteiger partial charge in [0, 0.05) is 87.9 Å². The number of nitrogens with one attached hydrogen (secondary N) is 11.